The predicted octanol–water partition coefficient (Wildman–Crippen LogP) is 4.46. The van der Waals surface area contributed by atoms with Gasteiger partial charge >= 0.3 is 0 Å². The molecule has 0 saturated heterocycles. The number of hydrogen-bond acceptors (Lipinski definition) is 6. The molecule has 0 saturated carbocycles. The Kier molecular flexibility index (Phi) is 5.12. The van der Waals surface area contributed by atoms with Crippen molar-refractivity contribution in [2.45, 2.75) is 20.0 Å². The van der Waals surface area contributed by atoms with E-state index < -0.39 is 6.10 Å². The van der Waals surface area contributed by atoms with Crippen LogP contribution < -0.4 is 10.1 Å². The lowest BCUT2D eigenvalue weighted by molar-refractivity contribution is -0.122. The molecule has 3 rings (SSSR count). The fourth-order valence-electron chi connectivity index (χ4n) is 2.09. The van der Waals surface area contributed by atoms with Gasteiger partial charge in [-0.1, -0.05) is 0 Å². The molecule has 2 aromatic heterocycles. The minimum absolute atomic E-state index is 0.271. The molecular formula is C18H15N3O2S2. The average Bonchev–Trinajstić information content (AvgIpc) is 3.24. The van der Waals surface area contributed by atoms with Crippen LogP contribution in [0.15, 0.2) is 41.8 Å². The van der Waals surface area contributed by atoms with Gasteiger partial charge in [-0.2, -0.15) is 5.26 Å². The van der Waals surface area contributed by atoms with Crippen LogP contribution in [-0.2, 0) is 4.79 Å². The summed E-state index contributed by atoms with van der Waals surface area (Å²) in [6.45, 7) is 3.72. The highest BCUT2D eigenvalue weighted by atomic mass is 32.1. The number of benzene rings is 1. The summed E-state index contributed by atoms with van der Waals surface area (Å²) in [5.41, 5.74) is 1.41. The Morgan fingerprint density at radius 1 is 1.28 bits per heavy atom. The average molecular weight is 369 g/mol. The molecule has 0 aliphatic rings. The molecular weight excluding hydrogens is 354 g/mol. The fourth-order valence-corrected chi connectivity index (χ4v) is 3.71. The number of rotatable bonds is 5. The second-order valence-corrected chi connectivity index (χ2v) is 7.48. The van der Waals surface area contributed by atoms with Crippen LogP contribution in [0.3, 0.4) is 0 Å². The number of nitriles is 1. The zero-order chi connectivity index (χ0) is 17.8. The molecule has 0 aliphatic carbocycles. The van der Waals surface area contributed by atoms with Gasteiger partial charge in [-0.3, -0.25) is 10.1 Å². The van der Waals surface area contributed by atoms with E-state index in [0.29, 0.717) is 16.4 Å². The SMILES string of the molecule is Cc1ccc(-c2csc(NC(=O)C(C)Oc3ccc(C#N)cc3)n2)s1. The molecule has 0 radical (unpaired) electrons. The smallest absolute Gasteiger partial charge is 0.266 e. The number of nitrogens with zero attached hydrogens (tertiary/aromatic N) is 2. The molecule has 5 nitrogen and oxygen atoms in total. The van der Waals surface area contributed by atoms with Gasteiger partial charge in [-0.05, 0) is 50.2 Å². The Hall–Kier alpha value is -2.69. The van der Waals surface area contributed by atoms with Crippen molar-refractivity contribution in [3.05, 3.63) is 52.2 Å². The molecule has 1 atom stereocenters. The highest BCUT2D eigenvalue weighted by Crippen LogP contribution is 2.30. The van der Waals surface area contributed by atoms with Crippen molar-refractivity contribution < 1.29 is 9.53 Å². The lowest BCUT2D eigenvalue weighted by atomic mass is 10.2. The third kappa shape index (κ3) is 4.24. The quantitative estimate of drug-likeness (QED) is 0.720. The largest absolute Gasteiger partial charge is 0.481 e. The topological polar surface area (TPSA) is 75.0 Å². The Labute approximate surface area is 153 Å². The number of hydrogen-bond donors (Lipinski definition) is 1. The van der Waals surface area contributed by atoms with E-state index in [9.17, 15) is 4.79 Å². The van der Waals surface area contributed by atoms with Crippen molar-refractivity contribution in [1.29, 1.82) is 5.26 Å². The predicted molar refractivity (Wildman–Crippen MR) is 100 cm³/mol. The number of aromatic nitrogens is 1. The van der Waals surface area contributed by atoms with Gasteiger partial charge in [0.1, 0.15) is 5.75 Å². The molecule has 2 heterocycles. The standard InChI is InChI=1S/C18H15N3O2S2/c1-11-3-8-16(25-11)15-10-24-18(20-15)21-17(22)12(2)23-14-6-4-13(9-19)5-7-14/h3-8,10,12H,1-2H3,(H,20,21,22). The molecule has 1 N–H and O–H groups in total. The molecule has 1 amide bonds. The minimum atomic E-state index is -0.677. The molecule has 0 bridgehead atoms. The Morgan fingerprint density at radius 2 is 2.04 bits per heavy atom. The van der Waals surface area contributed by atoms with Crippen LogP contribution in [0.25, 0.3) is 10.6 Å². The van der Waals surface area contributed by atoms with E-state index in [4.69, 9.17) is 10.00 Å². The Bertz CT molecular complexity index is 922. The van der Waals surface area contributed by atoms with Crippen LogP contribution in [0.4, 0.5) is 5.13 Å². The molecule has 0 aliphatic heterocycles. The van der Waals surface area contributed by atoms with E-state index in [0.717, 1.165) is 10.6 Å². The van der Waals surface area contributed by atoms with Crippen LogP contribution in [-0.4, -0.2) is 17.0 Å². The summed E-state index contributed by atoms with van der Waals surface area (Å²) in [4.78, 5) is 19.0. The third-order valence-corrected chi connectivity index (χ3v) is 5.17. The summed E-state index contributed by atoms with van der Waals surface area (Å²) in [6, 6.07) is 12.7. The summed E-state index contributed by atoms with van der Waals surface area (Å²) in [5.74, 6) is 0.267. The van der Waals surface area contributed by atoms with E-state index in [-0.39, 0.29) is 5.91 Å². The van der Waals surface area contributed by atoms with Crippen LogP contribution in [0.5, 0.6) is 5.75 Å². The molecule has 0 spiro atoms. The summed E-state index contributed by atoms with van der Waals surface area (Å²) in [5, 5.41) is 14.0. The normalized spacial score (nSPS) is 11.6. The lowest BCUT2D eigenvalue weighted by Crippen LogP contribution is -2.30. The van der Waals surface area contributed by atoms with Crippen molar-refractivity contribution >= 4 is 33.7 Å². The van der Waals surface area contributed by atoms with Crippen molar-refractivity contribution in [2.75, 3.05) is 5.32 Å². The zero-order valence-corrected chi connectivity index (χ0v) is 15.3. The first-order valence-electron chi connectivity index (χ1n) is 7.55. The van der Waals surface area contributed by atoms with Crippen LogP contribution in [0.1, 0.15) is 17.4 Å². The highest BCUT2D eigenvalue weighted by molar-refractivity contribution is 7.17. The third-order valence-electron chi connectivity index (χ3n) is 3.39. The molecule has 1 unspecified atom stereocenters. The van der Waals surface area contributed by atoms with E-state index >= 15 is 0 Å². The number of thiophene rings is 1. The van der Waals surface area contributed by atoms with Crippen molar-refractivity contribution in [2.24, 2.45) is 0 Å². The zero-order valence-electron chi connectivity index (χ0n) is 13.6. The second kappa shape index (κ2) is 7.47. The number of amides is 1. The van der Waals surface area contributed by atoms with Gasteiger partial charge in [-0.25, -0.2) is 4.98 Å². The van der Waals surface area contributed by atoms with Crippen LogP contribution in [0, 0.1) is 18.3 Å². The summed E-state index contributed by atoms with van der Waals surface area (Å²) in [6.07, 6.45) is -0.677. The van der Waals surface area contributed by atoms with Crippen molar-refractivity contribution in [3.63, 3.8) is 0 Å². The van der Waals surface area contributed by atoms with Crippen LogP contribution >= 0.6 is 22.7 Å². The van der Waals surface area contributed by atoms with Gasteiger partial charge in [-0.15, -0.1) is 22.7 Å². The first kappa shape index (κ1) is 17.1. The van der Waals surface area contributed by atoms with Gasteiger partial charge in [0.25, 0.3) is 5.91 Å². The number of carbonyl (C=O) groups excluding carboxylic acids is 1. The number of nitrogens with one attached hydrogen (secondary N) is 1. The van der Waals surface area contributed by atoms with Gasteiger partial charge in [0.2, 0.25) is 0 Å². The summed E-state index contributed by atoms with van der Waals surface area (Å²) in [7, 11) is 0. The van der Waals surface area contributed by atoms with Gasteiger partial charge in [0.15, 0.2) is 11.2 Å². The maximum absolute atomic E-state index is 12.3. The number of carbonyl (C=O) groups is 1. The van der Waals surface area contributed by atoms with E-state index in [2.05, 4.69) is 10.3 Å². The summed E-state index contributed by atoms with van der Waals surface area (Å²) >= 11 is 3.05. The number of anilines is 1. The fraction of sp³-hybridized carbons (Fsp3) is 0.167. The lowest BCUT2D eigenvalue weighted by Gasteiger charge is -2.13. The first-order valence-corrected chi connectivity index (χ1v) is 9.25. The van der Waals surface area contributed by atoms with Gasteiger partial charge < -0.3 is 4.74 Å². The molecule has 126 valence electrons. The van der Waals surface area contributed by atoms with Crippen molar-refractivity contribution in [1.82, 2.24) is 4.98 Å². The van der Waals surface area contributed by atoms with E-state index in [1.165, 1.54) is 16.2 Å². The Morgan fingerprint density at radius 3 is 2.68 bits per heavy atom. The molecule has 25 heavy (non-hydrogen) atoms. The van der Waals surface area contributed by atoms with E-state index in [1.54, 1.807) is 42.5 Å². The van der Waals surface area contributed by atoms with E-state index in [1.807, 2.05) is 30.5 Å². The minimum Gasteiger partial charge on any atom is -0.481 e. The highest BCUT2D eigenvalue weighted by Gasteiger charge is 2.17. The van der Waals surface area contributed by atoms with Crippen LogP contribution in [0.2, 0.25) is 0 Å². The second-order valence-electron chi connectivity index (χ2n) is 5.33. The summed E-state index contributed by atoms with van der Waals surface area (Å²) < 4.78 is 5.60. The Balaban J connectivity index is 1.61. The van der Waals surface area contributed by atoms with Gasteiger partial charge in [0.05, 0.1) is 22.2 Å². The maximum Gasteiger partial charge on any atom is 0.266 e. The van der Waals surface area contributed by atoms with Crippen molar-refractivity contribution in [3.8, 4) is 22.4 Å². The molecule has 0 fully saturated rings. The number of ether oxygens (including phenoxy) is 1. The molecule has 3 aromatic rings. The maximum atomic E-state index is 12.3. The monoisotopic (exact) mass is 369 g/mol. The first-order chi connectivity index (χ1) is 12.0. The number of aryl methyl sites for hydroxylation is 1. The van der Waals surface area contributed by atoms with Gasteiger partial charge in [0, 0.05) is 10.3 Å². The molecule has 1 aromatic carbocycles. The number of thiazole rings is 1. The molecule has 7 heteroatoms.